The lowest BCUT2D eigenvalue weighted by Gasteiger charge is -2.31. The van der Waals surface area contributed by atoms with Gasteiger partial charge < -0.3 is 15.1 Å². The van der Waals surface area contributed by atoms with Crippen molar-refractivity contribution in [3.63, 3.8) is 0 Å². The number of pyridine rings is 2. The monoisotopic (exact) mass is 421 g/mol. The van der Waals surface area contributed by atoms with Gasteiger partial charge in [0, 0.05) is 47.3 Å². The summed E-state index contributed by atoms with van der Waals surface area (Å²) in [5.41, 5.74) is 5.54. The number of aromatic nitrogens is 2. The van der Waals surface area contributed by atoms with Crippen molar-refractivity contribution in [2.24, 2.45) is 0 Å². The van der Waals surface area contributed by atoms with E-state index in [4.69, 9.17) is 0 Å². The van der Waals surface area contributed by atoms with Crippen molar-refractivity contribution in [2.75, 3.05) is 11.4 Å². The minimum Gasteiger partial charge on any atom is -0.510 e. The van der Waals surface area contributed by atoms with E-state index in [2.05, 4.69) is 34.2 Å². The van der Waals surface area contributed by atoms with Crippen LogP contribution in [-0.4, -0.2) is 26.7 Å². The molecule has 1 unspecified atom stereocenters. The van der Waals surface area contributed by atoms with E-state index in [1.54, 1.807) is 24.7 Å². The summed E-state index contributed by atoms with van der Waals surface area (Å²) < 4.78 is 0. The van der Waals surface area contributed by atoms with E-state index in [0.29, 0.717) is 18.5 Å². The van der Waals surface area contributed by atoms with Gasteiger partial charge in [-0.1, -0.05) is 42.5 Å². The molecule has 2 aromatic carbocycles. The quantitative estimate of drug-likeness (QED) is 0.441. The number of aliphatic hydroxyl groups excluding tert-OH is 2. The van der Waals surface area contributed by atoms with Crippen LogP contribution in [0.1, 0.15) is 18.1 Å². The van der Waals surface area contributed by atoms with Crippen molar-refractivity contribution in [1.82, 2.24) is 9.97 Å². The zero-order chi connectivity index (χ0) is 21.9. The molecule has 5 nitrogen and oxygen atoms in total. The maximum absolute atomic E-state index is 11.1. The van der Waals surface area contributed by atoms with E-state index >= 15 is 0 Å². The number of rotatable bonds is 5. The lowest BCUT2D eigenvalue weighted by molar-refractivity contribution is 0.178. The van der Waals surface area contributed by atoms with Crippen molar-refractivity contribution in [3.05, 3.63) is 114 Å². The molecule has 2 N–H and O–H groups in total. The number of anilines is 1. The minimum atomic E-state index is -0.777. The normalized spacial score (nSPS) is 14.7. The zero-order valence-electron chi connectivity index (χ0n) is 17.5. The largest absolute Gasteiger partial charge is 0.510 e. The summed E-state index contributed by atoms with van der Waals surface area (Å²) in [6, 6.07) is 22.2. The van der Waals surface area contributed by atoms with Gasteiger partial charge in [0.2, 0.25) is 0 Å². The number of fused-ring (bicyclic) bond motifs is 1. The molecule has 0 bridgehead atoms. The summed E-state index contributed by atoms with van der Waals surface area (Å²) >= 11 is 0. The SMILES string of the molecule is OC1=CC=C(CC(O)c2cncc3cccnc23)N(c2cccc(-c3ccccc3)c2)C1. The zero-order valence-corrected chi connectivity index (χ0v) is 17.5. The van der Waals surface area contributed by atoms with Crippen LogP contribution in [-0.2, 0) is 0 Å². The molecule has 0 saturated heterocycles. The highest BCUT2D eigenvalue weighted by molar-refractivity contribution is 5.80. The van der Waals surface area contributed by atoms with Gasteiger partial charge in [0.25, 0.3) is 0 Å². The predicted molar refractivity (Wildman–Crippen MR) is 127 cm³/mol. The van der Waals surface area contributed by atoms with Crippen LogP contribution in [0.15, 0.2) is 109 Å². The summed E-state index contributed by atoms with van der Waals surface area (Å²) in [7, 11) is 0. The molecule has 2 aromatic heterocycles. The van der Waals surface area contributed by atoms with Crippen LogP contribution >= 0.6 is 0 Å². The predicted octanol–water partition coefficient (Wildman–Crippen LogP) is 5.57. The Balaban J connectivity index is 1.47. The van der Waals surface area contributed by atoms with E-state index < -0.39 is 6.10 Å². The van der Waals surface area contributed by atoms with Crippen molar-refractivity contribution < 1.29 is 10.2 Å². The second kappa shape index (κ2) is 8.65. The lowest BCUT2D eigenvalue weighted by atomic mass is 10.0. The molecule has 0 saturated carbocycles. The first-order valence-electron chi connectivity index (χ1n) is 10.6. The Morgan fingerprint density at radius 2 is 1.75 bits per heavy atom. The molecule has 1 aliphatic rings. The van der Waals surface area contributed by atoms with Gasteiger partial charge in [0.05, 0.1) is 18.2 Å². The highest BCUT2D eigenvalue weighted by Crippen LogP contribution is 2.33. The number of allylic oxidation sites excluding steroid dienone is 2. The van der Waals surface area contributed by atoms with Gasteiger partial charge in [-0.25, -0.2) is 0 Å². The van der Waals surface area contributed by atoms with E-state index in [9.17, 15) is 10.2 Å². The highest BCUT2D eigenvalue weighted by Gasteiger charge is 2.22. The summed E-state index contributed by atoms with van der Waals surface area (Å²) in [5, 5.41) is 22.2. The number of nitrogens with zero attached hydrogens (tertiary/aromatic N) is 3. The van der Waals surface area contributed by atoms with Crippen LogP contribution in [0.25, 0.3) is 22.0 Å². The first-order chi connectivity index (χ1) is 15.7. The molecule has 5 heteroatoms. The van der Waals surface area contributed by atoms with E-state index in [0.717, 1.165) is 33.4 Å². The van der Waals surface area contributed by atoms with Crippen LogP contribution in [0, 0.1) is 0 Å². The summed E-state index contributed by atoms with van der Waals surface area (Å²) in [4.78, 5) is 10.8. The molecule has 4 aromatic rings. The fourth-order valence-corrected chi connectivity index (χ4v) is 4.09. The molecule has 158 valence electrons. The third-order valence-electron chi connectivity index (χ3n) is 5.70. The maximum atomic E-state index is 11.1. The van der Waals surface area contributed by atoms with Gasteiger partial charge >= 0.3 is 0 Å². The lowest BCUT2D eigenvalue weighted by Crippen LogP contribution is -2.28. The Morgan fingerprint density at radius 1 is 0.906 bits per heavy atom. The van der Waals surface area contributed by atoms with Gasteiger partial charge in [-0.15, -0.1) is 0 Å². The average molecular weight is 422 g/mol. The molecule has 0 fully saturated rings. The topological polar surface area (TPSA) is 69.5 Å². The fraction of sp³-hybridized carbons (Fsp3) is 0.111. The first-order valence-corrected chi connectivity index (χ1v) is 10.6. The standard InChI is InChI=1S/C27H23N3O2/c31-24-12-11-23(15-26(32)25-17-28-16-21-9-5-13-29-27(21)25)30(18-24)22-10-4-8-20(14-22)19-6-2-1-3-7-19/h1-14,16-17,26,31-32H,15,18H2. The number of benzene rings is 2. The van der Waals surface area contributed by atoms with Crippen LogP contribution < -0.4 is 4.90 Å². The summed E-state index contributed by atoms with van der Waals surface area (Å²) in [6.07, 6.45) is 8.30. The van der Waals surface area contributed by atoms with Crippen LogP contribution in [0.3, 0.4) is 0 Å². The molecular weight excluding hydrogens is 398 g/mol. The van der Waals surface area contributed by atoms with Gasteiger partial charge in [-0.2, -0.15) is 0 Å². The van der Waals surface area contributed by atoms with Gasteiger partial charge in [0.15, 0.2) is 0 Å². The molecule has 0 aliphatic carbocycles. The van der Waals surface area contributed by atoms with Crippen molar-refractivity contribution in [1.29, 1.82) is 0 Å². The second-order valence-corrected chi connectivity index (χ2v) is 7.84. The van der Waals surface area contributed by atoms with Crippen molar-refractivity contribution >= 4 is 16.6 Å². The fourth-order valence-electron chi connectivity index (χ4n) is 4.09. The van der Waals surface area contributed by atoms with Gasteiger partial charge in [-0.05, 0) is 47.5 Å². The first kappa shape index (κ1) is 20.0. The van der Waals surface area contributed by atoms with E-state index in [1.807, 2.05) is 53.4 Å². The molecule has 3 heterocycles. The number of hydrogen-bond donors (Lipinski definition) is 2. The molecule has 5 rings (SSSR count). The highest BCUT2D eigenvalue weighted by atomic mass is 16.3. The molecule has 0 radical (unpaired) electrons. The van der Waals surface area contributed by atoms with Crippen molar-refractivity contribution in [3.8, 4) is 11.1 Å². The average Bonchev–Trinajstić information content (AvgIpc) is 2.85. The third-order valence-corrected chi connectivity index (χ3v) is 5.70. The summed E-state index contributed by atoms with van der Waals surface area (Å²) in [5.74, 6) is 0.279. The maximum Gasteiger partial charge on any atom is 0.112 e. The molecule has 0 spiro atoms. The molecule has 1 atom stereocenters. The van der Waals surface area contributed by atoms with Crippen LogP contribution in [0.4, 0.5) is 5.69 Å². The molecule has 0 amide bonds. The number of hydrogen-bond acceptors (Lipinski definition) is 5. The van der Waals surface area contributed by atoms with Crippen LogP contribution in [0.2, 0.25) is 0 Å². The Hall–Kier alpha value is -3.96. The molecular formula is C27H23N3O2. The molecule has 1 aliphatic heterocycles. The second-order valence-electron chi connectivity index (χ2n) is 7.84. The van der Waals surface area contributed by atoms with Crippen molar-refractivity contribution in [2.45, 2.75) is 12.5 Å². The van der Waals surface area contributed by atoms with E-state index in [-0.39, 0.29) is 5.76 Å². The van der Waals surface area contributed by atoms with Gasteiger partial charge in [0.1, 0.15) is 5.76 Å². The minimum absolute atomic E-state index is 0.279. The van der Waals surface area contributed by atoms with Gasteiger partial charge in [-0.3, -0.25) is 9.97 Å². The Labute approximate surface area is 186 Å². The third kappa shape index (κ3) is 3.98. The Morgan fingerprint density at radius 3 is 2.62 bits per heavy atom. The van der Waals surface area contributed by atoms with Crippen LogP contribution in [0.5, 0.6) is 0 Å². The smallest absolute Gasteiger partial charge is 0.112 e. The Kier molecular flexibility index (Phi) is 5.40. The molecule has 32 heavy (non-hydrogen) atoms. The van der Waals surface area contributed by atoms with E-state index in [1.165, 1.54) is 0 Å². The summed E-state index contributed by atoms with van der Waals surface area (Å²) in [6.45, 7) is 0.350. The number of aliphatic hydroxyl groups is 2. The Bertz CT molecular complexity index is 1310.